The molecule has 192 valence electrons. The molecule has 0 bridgehead atoms. The smallest absolute Gasteiger partial charge is 0.414 e. The summed E-state index contributed by atoms with van der Waals surface area (Å²) in [4.78, 5) is 52.3. The predicted octanol–water partition coefficient (Wildman–Crippen LogP) is 1.59. The molecular formula is C25H30N4O7. The third kappa shape index (κ3) is 5.91. The number of rotatable bonds is 4. The largest absolute Gasteiger partial charge is 0.473 e. The van der Waals surface area contributed by atoms with Crippen LogP contribution in [0, 0.1) is 0 Å². The van der Waals surface area contributed by atoms with Gasteiger partial charge < -0.3 is 24.8 Å². The van der Waals surface area contributed by atoms with Crippen LogP contribution in [0.2, 0.25) is 0 Å². The highest BCUT2D eigenvalue weighted by Crippen LogP contribution is 2.35. The van der Waals surface area contributed by atoms with Gasteiger partial charge in [0.05, 0.1) is 18.5 Å². The third-order valence-electron chi connectivity index (χ3n) is 6.71. The lowest BCUT2D eigenvalue weighted by atomic mass is 9.92. The van der Waals surface area contributed by atoms with Gasteiger partial charge in [0.15, 0.2) is 5.76 Å². The molecule has 11 heteroatoms. The summed E-state index contributed by atoms with van der Waals surface area (Å²) < 4.78 is 5.21. The van der Waals surface area contributed by atoms with Crippen LogP contribution in [-0.4, -0.2) is 81.5 Å². The highest BCUT2D eigenvalue weighted by atomic mass is 16.4. The number of carboxylic acids is 2. The van der Waals surface area contributed by atoms with Gasteiger partial charge >= 0.3 is 11.9 Å². The zero-order valence-electron chi connectivity index (χ0n) is 20.0. The molecule has 0 aromatic carbocycles. The minimum atomic E-state index is -1.82. The van der Waals surface area contributed by atoms with E-state index in [0.29, 0.717) is 38.5 Å². The van der Waals surface area contributed by atoms with Crippen LogP contribution in [0.1, 0.15) is 52.3 Å². The fourth-order valence-corrected chi connectivity index (χ4v) is 4.95. The molecule has 3 aliphatic rings. The number of hydrogen-bond acceptors (Lipinski definition) is 7. The normalized spacial score (nSPS) is 16.8. The molecule has 3 N–H and O–H groups in total. The van der Waals surface area contributed by atoms with Gasteiger partial charge in [-0.2, -0.15) is 0 Å². The molecule has 0 spiro atoms. The molecule has 11 nitrogen and oxygen atoms in total. The molecule has 3 heterocycles. The number of amides is 2. The molecule has 2 aromatic heterocycles. The standard InChI is InChI=1S/C23H28N4O3.C2H2O4/c28-21(15-26-10-12-27(13-11-26)23(29)20-9-4-14-30-20)25-22-16-5-1-2-7-18(16)24-19-8-3-6-17(19)22;3-1(4)2(5)6/h4,9,14H,1-3,5-8,10-13,15H2,(H,24,25,28);(H,3,4)(H,5,6). The van der Waals surface area contributed by atoms with E-state index in [4.69, 9.17) is 29.2 Å². The number of pyridine rings is 1. The van der Waals surface area contributed by atoms with Crippen molar-refractivity contribution < 1.29 is 33.8 Å². The first-order valence-electron chi connectivity index (χ1n) is 12.2. The Labute approximate surface area is 208 Å². The fraction of sp³-hybridized carbons (Fsp3) is 0.480. The number of carbonyl (C=O) groups excluding carboxylic acids is 2. The Kier molecular flexibility index (Phi) is 7.99. The number of aromatic nitrogens is 1. The zero-order chi connectivity index (χ0) is 25.7. The van der Waals surface area contributed by atoms with Crippen LogP contribution in [0.3, 0.4) is 0 Å². The summed E-state index contributed by atoms with van der Waals surface area (Å²) in [6.07, 6.45) is 9.07. The maximum Gasteiger partial charge on any atom is 0.414 e. The molecular weight excluding hydrogens is 468 g/mol. The average molecular weight is 499 g/mol. The monoisotopic (exact) mass is 498 g/mol. The number of hydrogen-bond donors (Lipinski definition) is 3. The van der Waals surface area contributed by atoms with Crippen molar-refractivity contribution in [3.8, 4) is 0 Å². The van der Waals surface area contributed by atoms with Crippen molar-refractivity contribution in [2.24, 2.45) is 0 Å². The van der Waals surface area contributed by atoms with Crippen LogP contribution in [-0.2, 0) is 40.1 Å². The highest BCUT2D eigenvalue weighted by molar-refractivity contribution is 6.27. The van der Waals surface area contributed by atoms with E-state index in [1.165, 1.54) is 41.6 Å². The van der Waals surface area contributed by atoms with Gasteiger partial charge in [0.2, 0.25) is 5.91 Å². The van der Waals surface area contributed by atoms with E-state index in [-0.39, 0.29) is 11.8 Å². The second-order valence-corrected chi connectivity index (χ2v) is 9.10. The number of carbonyl (C=O) groups is 4. The average Bonchev–Trinajstić information content (AvgIpc) is 3.57. The Balaban J connectivity index is 0.000000455. The van der Waals surface area contributed by atoms with Crippen LogP contribution >= 0.6 is 0 Å². The zero-order valence-corrected chi connectivity index (χ0v) is 20.0. The van der Waals surface area contributed by atoms with Gasteiger partial charge in [-0.25, -0.2) is 9.59 Å². The Hall–Kier alpha value is -3.73. The van der Waals surface area contributed by atoms with Crippen LogP contribution in [0.15, 0.2) is 22.8 Å². The van der Waals surface area contributed by atoms with Gasteiger partial charge in [0.25, 0.3) is 5.91 Å². The Morgan fingerprint density at radius 2 is 1.50 bits per heavy atom. The van der Waals surface area contributed by atoms with Gasteiger partial charge in [-0.1, -0.05) is 0 Å². The lowest BCUT2D eigenvalue weighted by molar-refractivity contribution is -0.159. The van der Waals surface area contributed by atoms with E-state index < -0.39 is 11.9 Å². The van der Waals surface area contributed by atoms with E-state index in [9.17, 15) is 9.59 Å². The number of piperazine rings is 1. The van der Waals surface area contributed by atoms with E-state index >= 15 is 0 Å². The SMILES string of the molecule is O=C(CN1CCN(C(=O)c2ccco2)CC1)Nc1c2c(nc3c1CCC3)CCCC2.O=C(O)C(=O)O. The third-order valence-corrected chi connectivity index (χ3v) is 6.71. The molecule has 1 saturated heterocycles. The number of carboxylic acid groups (broad SMARTS) is 2. The second kappa shape index (κ2) is 11.3. The van der Waals surface area contributed by atoms with Crippen LogP contribution in [0.25, 0.3) is 0 Å². The summed E-state index contributed by atoms with van der Waals surface area (Å²) in [7, 11) is 0. The first-order valence-corrected chi connectivity index (χ1v) is 12.2. The summed E-state index contributed by atoms with van der Waals surface area (Å²) in [5, 5.41) is 18.0. The van der Waals surface area contributed by atoms with Gasteiger partial charge in [-0.05, 0) is 68.2 Å². The maximum absolute atomic E-state index is 12.9. The first kappa shape index (κ1) is 25.4. The Morgan fingerprint density at radius 3 is 2.11 bits per heavy atom. The number of nitrogens with zero attached hydrogens (tertiary/aromatic N) is 3. The Bertz CT molecular complexity index is 1130. The van der Waals surface area contributed by atoms with Crippen molar-refractivity contribution in [1.29, 1.82) is 0 Å². The van der Waals surface area contributed by atoms with E-state index in [1.807, 2.05) is 0 Å². The quantitative estimate of drug-likeness (QED) is 0.533. The van der Waals surface area contributed by atoms with Crippen molar-refractivity contribution in [3.05, 3.63) is 46.7 Å². The van der Waals surface area contributed by atoms with E-state index in [2.05, 4.69) is 10.2 Å². The lowest BCUT2D eigenvalue weighted by Gasteiger charge is -2.34. The maximum atomic E-state index is 12.9. The number of aryl methyl sites for hydroxylation is 2. The Morgan fingerprint density at radius 1 is 0.889 bits per heavy atom. The van der Waals surface area contributed by atoms with Crippen molar-refractivity contribution >= 4 is 29.4 Å². The summed E-state index contributed by atoms with van der Waals surface area (Å²) in [6, 6.07) is 3.42. The number of furan rings is 1. The fourth-order valence-electron chi connectivity index (χ4n) is 4.95. The van der Waals surface area contributed by atoms with Crippen LogP contribution < -0.4 is 5.32 Å². The highest BCUT2D eigenvalue weighted by Gasteiger charge is 2.27. The minimum Gasteiger partial charge on any atom is -0.473 e. The molecule has 0 saturated carbocycles. The van der Waals surface area contributed by atoms with Gasteiger partial charge in [-0.15, -0.1) is 0 Å². The van der Waals surface area contributed by atoms with Gasteiger partial charge in [0, 0.05) is 37.6 Å². The minimum absolute atomic E-state index is 0.0360. The lowest BCUT2D eigenvalue weighted by Crippen LogP contribution is -2.50. The second-order valence-electron chi connectivity index (χ2n) is 9.10. The number of nitrogens with one attached hydrogen (secondary N) is 1. The molecule has 0 atom stereocenters. The predicted molar refractivity (Wildman–Crippen MR) is 128 cm³/mol. The molecule has 5 rings (SSSR count). The topological polar surface area (TPSA) is 153 Å². The molecule has 2 aliphatic carbocycles. The van der Waals surface area contributed by atoms with Crippen molar-refractivity contribution in [2.45, 2.75) is 44.9 Å². The first-order chi connectivity index (χ1) is 17.3. The van der Waals surface area contributed by atoms with Gasteiger partial charge in [-0.3, -0.25) is 19.5 Å². The van der Waals surface area contributed by atoms with Crippen molar-refractivity contribution in [3.63, 3.8) is 0 Å². The van der Waals surface area contributed by atoms with Crippen molar-refractivity contribution in [2.75, 3.05) is 38.0 Å². The molecule has 0 unspecified atom stereocenters. The molecule has 1 aliphatic heterocycles. The van der Waals surface area contributed by atoms with Gasteiger partial charge in [0.1, 0.15) is 0 Å². The number of fused-ring (bicyclic) bond motifs is 2. The molecule has 0 radical (unpaired) electrons. The molecule has 2 amide bonds. The molecule has 36 heavy (non-hydrogen) atoms. The van der Waals surface area contributed by atoms with E-state index in [1.54, 1.807) is 17.0 Å². The molecule has 1 fully saturated rings. The van der Waals surface area contributed by atoms with Crippen molar-refractivity contribution in [1.82, 2.24) is 14.8 Å². The molecule has 2 aromatic rings. The number of aliphatic carboxylic acids is 2. The van der Waals surface area contributed by atoms with Crippen LogP contribution in [0.4, 0.5) is 5.69 Å². The summed E-state index contributed by atoms with van der Waals surface area (Å²) >= 11 is 0. The summed E-state index contributed by atoms with van der Waals surface area (Å²) in [5.41, 5.74) is 5.98. The van der Waals surface area contributed by atoms with E-state index in [0.717, 1.165) is 37.8 Å². The summed E-state index contributed by atoms with van der Waals surface area (Å²) in [5.74, 6) is -3.32. The number of anilines is 1. The van der Waals surface area contributed by atoms with Crippen LogP contribution in [0.5, 0.6) is 0 Å². The summed E-state index contributed by atoms with van der Waals surface area (Å²) in [6.45, 7) is 2.94.